The topological polar surface area (TPSA) is 103 Å². The molecule has 10 heteroatoms. The minimum Gasteiger partial charge on any atom is -0.495 e. The predicted molar refractivity (Wildman–Crippen MR) is 107 cm³/mol. The smallest absolute Gasteiger partial charge is 0.338 e. The third-order valence-electron chi connectivity index (χ3n) is 3.51. The number of esters is 1. The number of imide groups is 1. The molecular formula is C18H19BrN2O6S. The van der Waals surface area contributed by atoms with E-state index in [1.165, 1.54) is 26.4 Å². The van der Waals surface area contributed by atoms with Crippen molar-refractivity contribution in [2.75, 3.05) is 27.4 Å². The van der Waals surface area contributed by atoms with Gasteiger partial charge in [-0.25, -0.2) is 9.59 Å². The number of hydrogen-bond donors (Lipinski definition) is 2. The summed E-state index contributed by atoms with van der Waals surface area (Å²) >= 11 is 4.88. The number of halogens is 1. The Hall–Kier alpha value is -2.59. The van der Waals surface area contributed by atoms with E-state index < -0.39 is 24.5 Å². The van der Waals surface area contributed by atoms with Crippen LogP contribution in [0.1, 0.15) is 15.2 Å². The van der Waals surface area contributed by atoms with Crippen molar-refractivity contribution in [1.82, 2.24) is 10.6 Å². The Labute approximate surface area is 174 Å². The molecule has 0 saturated carbocycles. The quantitative estimate of drug-likeness (QED) is 0.574. The maximum atomic E-state index is 12.2. The molecule has 8 nitrogen and oxygen atoms in total. The largest absolute Gasteiger partial charge is 0.495 e. The summed E-state index contributed by atoms with van der Waals surface area (Å²) in [4.78, 5) is 36.7. The molecule has 2 rings (SSSR count). The van der Waals surface area contributed by atoms with Crippen molar-refractivity contribution in [3.8, 4) is 11.5 Å². The van der Waals surface area contributed by atoms with Crippen molar-refractivity contribution >= 4 is 45.2 Å². The van der Waals surface area contributed by atoms with Crippen molar-refractivity contribution in [2.24, 2.45) is 0 Å². The molecule has 0 radical (unpaired) electrons. The molecule has 1 heterocycles. The number of methoxy groups -OCH3 is 2. The number of nitrogens with one attached hydrogen (secondary N) is 2. The van der Waals surface area contributed by atoms with Gasteiger partial charge in [0.25, 0.3) is 5.91 Å². The summed E-state index contributed by atoms with van der Waals surface area (Å²) in [6, 6.07) is 6.13. The lowest BCUT2D eigenvalue weighted by Crippen LogP contribution is -2.42. The average Bonchev–Trinajstić information content (AvgIpc) is 3.19. The Bertz CT molecular complexity index is 816. The molecule has 1 aromatic carbocycles. The lowest BCUT2D eigenvalue weighted by Gasteiger charge is -2.11. The van der Waals surface area contributed by atoms with Gasteiger partial charge in [0.1, 0.15) is 16.0 Å². The molecule has 0 spiro atoms. The van der Waals surface area contributed by atoms with Crippen molar-refractivity contribution in [3.05, 3.63) is 44.6 Å². The fraction of sp³-hybridized carbons (Fsp3) is 0.278. The number of ether oxygens (including phenoxy) is 3. The van der Waals surface area contributed by atoms with Gasteiger partial charge in [-0.2, -0.15) is 0 Å². The van der Waals surface area contributed by atoms with Crippen molar-refractivity contribution < 1.29 is 28.6 Å². The van der Waals surface area contributed by atoms with E-state index in [0.717, 1.165) is 4.88 Å². The van der Waals surface area contributed by atoms with E-state index in [4.69, 9.17) is 14.2 Å². The van der Waals surface area contributed by atoms with Crippen LogP contribution < -0.4 is 20.1 Å². The zero-order valence-corrected chi connectivity index (χ0v) is 17.6. The minimum absolute atomic E-state index is 0.144. The zero-order chi connectivity index (χ0) is 20.5. The van der Waals surface area contributed by atoms with Crippen LogP contribution >= 0.6 is 27.3 Å². The van der Waals surface area contributed by atoms with Gasteiger partial charge in [0, 0.05) is 11.4 Å². The van der Waals surface area contributed by atoms with Gasteiger partial charge >= 0.3 is 12.0 Å². The van der Waals surface area contributed by atoms with E-state index >= 15 is 0 Å². The van der Waals surface area contributed by atoms with Gasteiger partial charge in [-0.1, -0.05) is 6.07 Å². The second-order valence-corrected chi connectivity index (χ2v) is 7.23. The van der Waals surface area contributed by atoms with E-state index in [1.54, 1.807) is 11.3 Å². The van der Waals surface area contributed by atoms with Crippen LogP contribution in [0.5, 0.6) is 11.5 Å². The normalized spacial score (nSPS) is 10.1. The van der Waals surface area contributed by atoms with Gasteiger partial charge in [0.05, 0.1) is 19.8 Å². The van der Waals surface area contributed by atoms with E-state index in [-0.39, 0.29) is 5.56 Å². The predicted octanol–water partition coefficient (Wildman–Crippen LogP) is 2.75. The van der Waals surface area contributed by atoms with Crippen LogP contribution in [0.4, 0.5) is 4.79 Å². The summed E-state index contributed by atoms with van der Waals surface area (Å²) < 4.78 is 15.8. The third-order valence-corrected chi connectivity index (χ3v) is 5.22. The number of urea groups is 1. The fourth-order valence-corrected chi connectivity index (χ4v) is 3.42. The number of rotatable bonds is 8. The van der Waals surface area contributed by atoms with E-state index in [0.29, 0.717) is 28.9 Å². The SMILES string of the molecule is COc1cc(C(=O)OCC(=O)NC(=O)NCCc2cccs2)cc(OC)c1Br. The van der Waals surface area contributed by atoms with Crippen LogP contribution in [0.25, 0.3) is 0 Å². The van der Waals surface area contributed by atoms with Gasteiger partial charge in [-0.3, -0.25) is 10.1 Å². The Morgan fingerprint density at radius 2 is 1.82 bits per heavy atom. The number of carbonyl (C=O) groups is 3. The van der Waals surface area contributed by atoms with Crippen molar-refractivity contribution in [1.29, 1.82) is 0 Å². The highest BCUT2D eigenvalue weighted by molar-refractivity contribution is 9.10. The molecule has 2 N–H and O–H groups in total. The second kappa shape index (κ2) is 10.7. The van der Waals surface area contributed by atoms with Gasteiger partial charge < -0.3 is 19.5 Å². The molecule has 0 aliphatic rings. The Kier molecular flexibility index (Phi) is 8.27. The summed E-state index contributed by atoms with van der Waals surface area (Å²) in [5, 5.41) is 6.61. The van der Waals surface area contributed by atoms with Crippen LogP contribution in [0.3, 0.4) is 0 Å². The zero-order valence-electron chi connectivity index (χ0n) is 15.2. The summed E-state index contributed by atoms with van der Waals surface area (Å²) in [5.74, 6) is -0.739. The van der Waals surface area contributed by atoms with Crippen LogP contribution in [0.15, 0.2) is 34.1 Å². The molecule has 0 atom stereocenters. The molecule has 3 amide bonds. The fourth-order valence-electron chi connectivity index (χ4n) is 2.16. The van der Waals surface area contributed by atoms with Crippen LogP contribution in [0.2, 0.25) is 0 Å². The van der Waals surface area contributed by atoms with Crippen LogP contribution in [-0.2, 0) is 16.0 Å². The van der Waals surface area contributed by atoms with E-state index in [1.807, 2.05) is 17.5 Å². The monoisotopic (exact) mass is 470 g/mol. The summed E-state index contributed by atoms with van der Waals surface area (Å²) in [7, 11) is 2.89. The van der Waals surface area contributed by atoms with E-state index in [2.05, 4.69) is 26.6 Å². The van der Waals surface area contributed by atoms with Gasteiger partial charge in [-0.05, 0) is 45.9 Å². The molecule has 0 aliphatic carbocycles. The Morgan fingerprint density at radius 3 is 2.39 bits per heavy atom. The number of hydrogen-bond acceptors (Lipinski definition) is 7. The molecule has 0 bridgehead atoms. The minimum atomic E-state index is -0.752. The standard InChI is InChI=1S/C18H19BrN2O6S/c1-25-13-8-11(9-14(26-2)16(13)19)17(23)27-10-15(22)21-18(24)20-6-5-12-4-3-7-28-12/h3-4,7-9H,5-6,10H2,1-2H3,(H2,20,21,22,24). The maximum Gasteiger partial charge on any atom is 0.338 e. The highest BCUT2D eigenvalue weighted by Crippen LogP contribution is 2.35. The molecule has 0 fully saturated rings. The first-order valence-electron chi connectivity index (χ1n) is 8.13. The molecule has 0 saturated heterocycles. The van der Waals surface area contributed by atoms with Gasteiger partial charge in [0.2, 0.25) is 0 Å². The molecule has 0 unspecified atom stereocenters. The molecule has 2 aromatic rings. The number of benzene rings is 1. The van der Waals surface area contributed by atoms with E-state index in [9.17, 15) is 14.4 Å². The summed E-state index contributed by atoms with van der Waals surface area (Å²) in [6.07, 6.45) is 0.668. The molecule has 1 aromatic heterocycles. The van der Waals surface area contributed by atoms with Crippen molar-refractivity contribution in [3.63, 3.8) is 0 Å². The van der Waals surface area contributed by atoms with Gasteiger partial charge in [-0.15, -0.1) is 11.3 Å². The number of thiophene rings is 1. The van der Waals surface area contributed by atoms with Gasteiger partial charge in [0.15, 0.2) is 6.61 Å². The maximum absolute atomic E-state index is 12.2. The van der Waals surface area contributed by atoms with Crippen LogP contribution in [0, 0.1) is 0 Å². The molecule has 28 heavy (non-hydrogen) atoms. The molecular weight excluding hydrogens is 452 g/mol. The first-order chi connectivity index (χ1) is 13.4. The summed E-state index contributed by atoms with van der Waals surface area (Å²) in [6.45, 7) is -0.213. The number of amides is 3. The second-order valence-electron chi connectivity index (χ2n) is 5.40. The highest BCUT2D eigenvalue weighted by atomic mass is 79.9. The average molecular weight is 471 g/mol. The number of carbonyl (C=O) groups excluding carboxylic acids is 3. The summed E-state index contributed by atoms with van der Waals surface area (Å²) in [5.41, 5.74) is 0.144. The Balaban J connectivity index is 1.80. The molecule has 150 valence electrons. The van der Waals surface area contributed by atoms with Crippen molar-refractivity contribution in [2.45, 2.75) is 6.42 Å². The molecule has 0 aliphatic heterocycles. The Morgan fingerprint density at radius 1 is 1.14 bits per heavy atom. The third kappa shape index (κ3) is 6.24. The first kappa shape index (κ1) is 21.7. The highest BCUT2D eigenvalue weighted by Gasteiger charge is 2.17. The van der Waals surface area contributed by atoms with Crippen LogP contribution in [-0.4, -0.2) is 45.3 Å². The lowest BCUT2D eigenvalue weighted by molar-refractivity contribution is -0.123. The first-order valence-corrected chi connectivity index (χ1v) is 9.80. The lowest BCUT2D eigenvalue weighted by atomic mass is 10.2.